The van der Waals surface area contributed by atoms with Gasteiger partial charge in [-0.2, -0.15) is 0 Å². The minimum absolute atomic E-state index is 0.110. The van der Waals surface area contributed by atoms with E-state index in [-0.39, 0.29) is 17.8 Å². The van der Waals surface area contributed by atoms with E-state index in [4.69, 9.17) is 4.74 Å². The number of carbonyl (C=O) groups is 3. The predicted molar refractivity (Wildman–Crippen MR) is 101 cm³/mol. The van der Waals surface area contributed by atoms with E-state index in [9.17, 15) is 14.4 Å². The first kappa shape index (κ1) is 17.8. The van der Waals surface area contributed by atoms with Crippen LogP contribution in [0.15, 0.2) is 53.4 Å². The van der Waals surface area contributed by atoms with Gasteiger partial charge in [-0.15, -0.1) is 0 Å². The Kier molecular flexibility index (Phi) is 5.38. The fraction of sp³-hybridized carbons (Fsp3) is 0.105. The molecule has 0 aliphatic carbocycles. The molecule has 2 N–H and O–H groups in total. The lowest BCUT2D eigenvalue weighted by Gasteiger charge is -2.08. The number of carbonyl (C=O) groups excluding carboxylic acids is 3. The number of hydrogen-bond donors (Lipinski definition) is 2. The fourth-order valence-electron chi connectivity index (χ4n) is 2.22. The van der Waals surface area contributed by atoms with Crippen molar-refractivity contribution in [3.05, 3.63) is 64.6 Å². The number of hydrogen-bond acceptors (Lipinski definition) is 5. The maximum Gasteiger partial charge on any atom is 0.290 e. The van der Waals surface area contributed by atoms with Gasteiger partial charge >= 0.3 is 0 Å². The van der Waals surface area contributed by atoms with Crippen molar-refractivity contribution >= 4 is 40.6 Å². The molecule has 6 nitrogen and oxygen atoms in total. The lowest BCUT2D eigenvalue weighted by Crippen LogP contribution is -2.20. The third-order valence-electron chi connectivity index (χ3n) is 3.53. The number of thioether (sulfide) groups is 1. The quantitative estimate of drug-likeness (QED) is 0.791. The standard InChI is InChI=1S/C19H16N2O4S/c1-12-2-6-14(7-3-12)20-17(22)11-25-15-8-4-13(5-9-15)10-16-18(23)21-19(24)26-16/h2-10H,11H2,1H3,(H,20,22)(H,21,23,24)/b16-10-. The summed E-state index contributed by atoms with van der Waals surface area (Å²) in [5.74, 6) is -0.114. The second kappa shape index (κ2) is 7.88. The molecule has 1 aliphatic rings. The van der Waals surface area contributed by atoms with Crippen molar-refractivity contribution in [2.75, 3.05) is 11.9 Å². The van der Waals surface area contributed by atoms with Gasteiger partial charge in [-0.3, -0.25) is 19.7 Å². The van der Waals surface area contributed by atoms with E-state index in [1.807, 2.05) is 31.2 Å². The number of nitrogens with one attached hydrogen (secondary N) is 2. The highest BCUT2D eigenvalue weighted by atomic mass is 32.2. The van der Waals surface area contributed by atoms with E-state index >= 15 is 0 Å². The summed E-state index contributed by atoms with van der Waals surface area (Å²) in [5, 5.41) is 4.58. The van der Waals surface area contributed by atoms with Crippen LogP contribution in [0.3, 0.4) is 0 Å². The van der Waals surface area contributed by atoms with Gasteiger partial charge in [0, 0.05) is 5.69 Å². The van der Waals surface area contributed by atoms with Crippen molar-refractivity contribution in [1.82, 2.24) is 5.32 Å². The Morgan fingerprint density at radius 3 is 2.42 bits per heavy atom. The molecular formula is C19H16N2O4S. The van der Waals surface area contributed by atoms with Gasteiger partial charge in [0.15, 0.2) is 6.61 Å². The molecule has 0 unspecified atom stereocenters. The van der Waals surface area contributed by atoms with Gasteiger partial charge in [-0.25, -0.2) is 0 Å². The topological polar surface area (TPSA) is 84.5 Å². The summed E-state index contributed by atoms with van der Waals surface area (Å²) in [5.41, 5.74) is 2.59. The minimum Gasteiger partial charge on any atom is -0.484 e. The van der Waals surface area contributed by atoms with Crippen LogP contribution in [0.4, 0.5) is 10.5 Å². The number of amides is 3. The average molecular weight is 368 g/mol. The fourth-order valence-corrected chi connectivity index (χ4v) is 2.90. The number of rotatable bonds is 5. The molecule has 0 spiro atoms. The highest BCUT2D eigenvalue weighted by Gasteiger charge is 2.24. The summed E-state index contributed by atoms with van der Waals surface area (Å²) in [4.78, 5) is 34.9. The number of ether oxygens (including phenoxy) is 1. The summed E-state index contributed by atoms with van der Waals surface area (Å²) in [7, 11) is 0. The van der Waals surface area contributed by atoms with Gasteiger partial charge in [-0.1, -0.05) is 29.8 Å². The zero-order chi connectivity index (χ0) is 18.5. The number of anilines is 1. The highest BCUT2D eigenvalue weighted by molar-refractivity contribution is 8.18. The van der Waals surface area contributed by atoms with Gasteiger partial charge in [0.2, 0.25) is 0 Å². The van der Waals surface area contributed by atoms with Crippen LogP contribution in [0.2, 0.25) is 0 Å². The molecule has 1 fully saturated rings. The monoisotopic (exact) mass is 368 g/mol. The van der Waals surface area contributed by atoms with Crippen LogP contribution in [0.1, 0.15) is 11.1 Å². The van der Waals surface area contributed by atoms with Gasteiger partial charge < -0.3 is 10.1 Å². The zero-order valence-corrected chi connectivity index (χ0v) is 14.8. The summed E-state index contributed by atoms with van der Waals surface area (Å²) in [6.07, 6.45) is 1.62. The molecule has 1 heterocycles. The van der Waals surface area contributed by atoms with Crippen LogP contribution in [0, 0.1) is 6.92 Å². The molecule has 0 bridgehead atoms. The average Bonchev–Trinajstić information content (AvgIpc) is 2.93. The molecule has 7 heteroatoms. The summed E-state index contributed by atoms with van der Waals surface area (Å²) < 4.78 is 5.46. The summed E-state index contributed by atoms with van der Waals surface area (Å²) in [6.45, 7) is 1.87. The highest BCUT2D eigenvalue weighted by Crippen LogP contribution is 2.26. The van der Waals surface area contributed by atoms with Gasteiger partial charge in [-0.05, 0) is 54.6 Å². The molecule has 26 heavy (non-hydrogen) atoms. The second-order valence-corrected chi connectivity index (χ2v) is 6.64. The molecule has 0 radical (unpaired) electrons. The van der Waals surface area contributed by atoms with Crippen molar-refractivity contribution in [2.45, 2.75) is 6.92 Å². The van der Waals surface area contributed by atoms with Gasteiger partial charge in [0.1, 0.15) is 5.75 Å². The normalized spacial score (nSPS) is 15.0. The van der Waals surface area contributed by atoms with Crippen molar-refractivity contribution < 1.29 is 19.1 Å². The Balaban J connectivity index is 1.53. The molecule has 3 amide bonds. The smallest absolute Gasteiger partial charge is 0.290 e. The van der Waals surface area contributed by atoms with E-state index in [0.29, 0.717) is 16.3 Å². The second-order valence-electron chi connectivity index (χ2n) is 5.62. The van der Waals surface area contributed by atoms with E-state index in [1.54, 1.807) is 30.3 Å². The molecule has 2 aromatic rings. The molecule has 0 aromatic heterocycles. The third-order valence-corrected chi connectivity index (χ3v) is 4.34. The van der Waals surface area contributed by atoms with Crippen LogP contribution >= 0.6 is 11.8 Å². The Hall–Kier alpha value is -3.06. The predicted octanol–water partition coefficient (Wildman–Crippen LogP) is 3.34. The molecule has 3 rings (SSSR count). The summed E-state index contributed by atoms with van der Waals surface area (Å²) >= 11 is 0.866. The molecule has 0 atom stereocenters. The van der Waals surface area contributed by atoms with Gasteiger partial charge in [0.05, 0.1) is 4.91 Å². The Bertz CT molecular complexity index is 873. The van der Waals surface area contributed by atoms with Crippen LogP contribution in [-0.4, -0.2) is 23.7 Å². The SMILES string of the molecule is Cc1ccc(NC(=O)COc2ccc(/C=C3\SC(=O)NC3=O)cc2)cc1. The lowest BCUT2D eigenvalue weighted by atomic mass is 10.2. The van der Waals surface area contributed by atoms with Crippen LogP contribution in [-0.2, 0) is 9.59 Å². The van der Waals surface area contributed by atoms with Crippen molar-refractivity contribution in [3.63, 3.8) is 0 Å². The van der Waals surface area contributed by atoms with Crippen molar-refractivity contribution in [3.8, 4) is 5.75 Å². The molecule has 1 saturated heterocycles. The maximum atomic E-state index is 11.9. The van der Waals surface area contributed by atoms with Crippen molar-refractivity contribution in [2.24, 2.45) is 0 Å². The first-order valence-corrected chi connectivity index (χ1v) is 8.65. The Labute approximate surface area is 154 Å². The summed E-state index contributed by atoms with van der Waals surface area (Å²) in [6, 6.07) is 14.4. The molecule has 132 valence electrons. The first-order chi connectivity index (χ1) is 12.5. The Morgan fingerprint density at radius 2 is 1.81 bits per heavy atom. The number of aryl methyl sites for hydroxylation is 1. The zero-order valence-electron chi connectivity index (χ0n) is 13.9. The van der Waals surface area contributed by atoms with Gasteiger partial charge in [0.25, 0.3) is 17.1 Å². The molecular weight excluding hydrogens is 352 g/mol. The molecule has 0 saturated carbocycles. The van der Waals surface area contributed by atoms with E-state index in [0.717, 1.165) is 22.9 Å². The number of imide groups is 1. The maximum absolute atomic E-state index is 11.9. The molecule has 2 aromatic carbocycles. The van der Waals surface area contributed by atoms with E-state index < -0.39 is 5.91 Å². The van der Waals surface area contributed by atoms with Crippen molar-refractivity contribution in [1.29, 1.82) is 0 Å². The van der Waals surface area contributed by atoms with Crippen LogP contribution in [0.5, 0.6) is 5.75 Å². The largest absolute Gasteiger partial charge is 0.484 e. The van der Waals surface area contributed by atoms with E-state index in [2.05, 4.69) is 10.6 Å². The first-order valence-electron chi connectivity index (χ1n) is 7.84. The number of benzene rings is 2. The lowest BCUT2D eigenvalue weighted by molar-refractivity contribution is -0.118. The third kappa shape index (κ3) is 4.73. The van der Waals surface area contributed by atoms with Crippen LogP contribution < -0.4 is 15.4 Å². The minimum atomic E-state index is -0.395. The van der Waals surface area contributed by atoms with E-state index in [1.165, 1.54) is 0 Å². The molecule has 1 aliphatic heterocycles. The van der Waals surface area contributed by atoms with Crippen LogP contribution in [0.25, 0.3) is 6.08 Å². The Morgan fingerprint density at radius 1 is 1.12 bits per heavy atom.